The normalized spacial score (nSPS) is 18.8. The molecule has 24 heavy (non-hydrogen) atoms. The van der Waals surface area contributed by atoms with Crippen LogP contribution in [0.3, 0.4) is 0 Å². The number of hydrogen-bond donors (Lipinski definition) is 2. The molecule has 0 bridgehead atoms. The number of benzene rings is 1. The van der Waals surface area contributed by atoms with E-state index in [0.717, 1.165) is 5.69 Å². The van der Waals surface area contributed by atoms with E-state index in [0.29, 0.717) is 29.4 Å². The molecule has 1 aromatic heterocycles. The third-order valence-corrected chi connectivity index (χ3v) is 5.50. The molecule has 1 fully saturated rings. The summed E-state index contributed by atoms with van der Waals surface area (Å²) in [7, 11) is -2.96. The molecular formula is C16H17N5O2S. The Morgan fingerprint density at radius 3 is 2.79 bits per heavy atom. The second kappa shape index (κ2) is 6.45. The summed E-state index contributed by atoms with van der Waals surface area (Å²) >= 11 is 0. The van der Waals surface area contributed by atoms with Crippen LogP contribution in [0.5, 0.6) is 0 Å². The van der Waals surface area contributed by atoms with Crippen molar-refractivity contribution < 1.29 is 8.42 Å². The Labute approximate surface area is 140 Å². The number of aromatic nitrogens is 2. The Balaban J connectivity index is 1.80. The summed E-state index contributed by atoms with van der Waals surface area (Å²) in [6.45, 7) is 1.83. The molecule has 3 rings (SSSR count). The highest BCUT2D eigenvalue weighted by atomic mass is 32.2. The molecule has 1 saturated heterocycles. The van der Waals surface area contributed by atoms with Gasteiger partial charge in [-0.2, -0.15) is 10.2 Å². The summed E-state index contributed by atoms with van der Waals surface area (Å²) in [5.74, 6) is 1.23. The topological polar surface area (TPSA) is 108 Å². The lowest BCUT2D eigenvalue weighted by Gasteiger charge is -2.13. The molecule has 1 unspecified atom stereocenters. The van der Waals surface area contributed by atoms with Crippen molar-refractivity contribution in [3.63, 3.8) is 0 Å². The zero-order chi connectivity index (χ0) is 17.2. The fourth-order valence-electron chi connectivity index (χ4n) is 2.62. The van der Waals surface area contributed by atoms with E-state index < -0.39 is 9.84 Å². The van der Waals surface area contributed by atoms with Gasteiger partial charge in [0.1, 0.15) is 11.9 Å². The second-order valence-corrected chi connectivity index (χ2v) is 7.97. The van der Waals surface area contributed by atoms with Gasteiger partial charge >= 0.3 is 0 Å². The summed E-state index contributed by atoms with van der Waals surface area (Å²) in [6.07, 6.45) is 0.555. The Bertz CT molecular complexity index is 905. The average Bonchev–Trinajstić information content (AvgIpc) is 2.86. The van der Waals surface area contributed by atoms with Gasteiger partial charge in [0.25, 0.3) is 0 Å². The highest BCUT2D eigenvalue weighted by Gasteiger charge is 2.28. The van der Waals surface area contributed by atoms with E-state index in [1.54, 1.807) is 24.3 Å². The van der Waals surface area contributed by atoms with Gasteiger partial charge in [0.05, 0.1) is 22.8 Å². The Morgan fingerprint density at radius 2 is 2.08 bits per heavy atom. The first kappa shape index (κ1) is 16.2. The zero-order valence-electron chi connectivity index (χ0n) is 13.2. The van der Waals surface area contributed by atoms with Crippen LogP contribution in [0, 0.1) is 18.3 Å². The lowest BCUT2D eigenvalue weighted by Crippen LogP contribution is -2.22. The van der Waals surface area contributed by atoms with E-state index in [2.05, 4.69) is 26.7 Å². The number of nitrogens with zero attached hydrogens (tertiary/aromatic N) is 3. The van der Waals surface area contributed by atoms with E-state index in [1.807, 2.05) is 13.0 Å². The molecule has 8 heteroatoms. The van der Waals surface area contributed by atoms with E-state index in [9.17, 15) is 8.42 Å². The molecule has 0 aliphatic carbocycles. The first-order valence-corrected chi connectivity index (χ1v) is 9.36. The summed E-state index contributed by atoms with van der Waals surface area (Å²) in [5, 5.41) is 15.4. The average molecular weight is 343 g/mol. The van der Waals surface area contributed by atoms with Gasteiger partial charge in [-0.15, -0.1) is 0 Å². The SMILES string of the molecule is Cc1cc(Nc2ccccc2C#N)nc(NC2CCS(=O)(=O)C2)n1. The van der Waals surface area contributed by atoms with Crippen molar-refractivity contribution in [3.05, 3.63) is 41.6 Å². The molecule has 0 saturated carbocycles. The molecule has 1 aromatic carbocycles. The number of para-hydroxylation sites is 1. The molecule has 2 heterocycles. The molecule has 1 aliphatic heterocycles. The minimum absolute atomic E-state index is 0.102. The van der Waals surface area contributed by atoms with Crippen LogP contribution in [0.25, 0.3) is 0 Å². The fraction of sp³-hybridized carbons (Fsp3) is 0.312. The largest absolute Gasteiger partial charge is 0.350 e. The predicted molar refractivity (Wildman–Crippen MR) is 91.9 cm³/mol. The van der Waals surface area contributed by atoms with Crippen molar-refractivity contribution in [1.29, 1.82) is 5.26 Å². The maximum absolute atomic E-state index is 11.6. The molecular weight excluding hydrogens is 326 g/mol. The zero-order valence-corrected chi connectivity index (χ0v) is 14.0. The van der Waals surface area contributed by atoms with Crippen LogP contribution in [0.15, 0.2) is 30.3 Å². The van der Waals surface area contributed by atoms with Gasteiger partial charge in [-0.3, -0.25) is 0 Å². The second-order valence-electron chi connectivity index (χ2n) is 5.74. The van der Waals surface area contributed by atoms with Crippen LogP contribution in [-0.4, -0.2) is 35.9 Å². The lowest BCUT2D eigenvalue weighted by molar-refractivity contribution is 0.602. The lowest BCUT2D eigenvalue weighted by atomic mass is 10.2. The Hall–Kier alpha value is -2.66. The number of aryl methyl sites for hydroxylation is 1. The number of nitrogens with one attached hydrogen (secondary N) is 2. The number of rotatable bonds is 4. The van der Waals surface area contributed by atoms with Crippen LogP contribution in [0.4, 0.5) is 17.5 Å². The molecule has 2 N–H and O–H groups in total. The Kier molecular flexibility index (Phi) is 4.36. The smallest absolute Gasteiger partial charge is 0.225 e. The number of nitriles is 1. The fourth-order valence-corrected chi connectivity index (χ4v) is 4.29. The van der Waals surface area contributed by atoms with Gasteiger partial charge < -0.3 is 10.6 Å². The molecule has 1 atom stereocenters. The van der Waals surface area contributed by atoms with Gasteiger partial charge in [-0.1, -0.05) is 12.1 Å². The first-order chi connectivity index (χ1) is 11.4. The van der Waals surface area contributed by atoms with Gasteiger partial charge in [0.2, 0.25) is 5.95 Å². The quantitative estimate of drug-likeness (QED) is 0.874. The molecule has 7 nitrogen and oxygen atoms in total. The van der Waals surface area contributed by atoms with Crippen molar-refractivity contribution in [2.24, 2.45) is 0 Å². The number of hydrogen-bond acceptors (Lipinski definition) is 7. The summed E-state index contributed by atoms with van der Waals surface area (Å²) in [5.41, 5.74) is 1.92. The summed E-state index contributed by atoms with van der Waals surface area (Å²) in [6, 6.07) is 10.9. The predicted octanol–water partition coefficient (Wildman–Crippen LogP) is 2.00. The monoisotopic (exact) mass is 343 g/mol. The van der Waals surface area contributed by atoms with E-state index in [1.165, 1.54) is 0 Å². The van der Waals surface area contributed by atoms with Crippen molar-refractivity contribution >= 4 is 27.3 Å². The molecule has 0 amide bonds. The summed E-state index contributed by atoms with van der Waals surface area (Å²) in [4.78, 5) is 8.69. The van der Waals surface area contributed by atoms with Gasteiger partial charge in [0, 0.05) is 17.8 Å². The Morgan fingerprint density at radius 1 is 1.29 bits per heavy atom. The number of anilines is 3. The molecule has 0 spiro atoms. The van der Waals surface area contributed by atoms with Crippen molar-refractivity contribution in [2.45, 2.75) is 19.4 Å². The maximum Gasteiger partial charge on any atom is 0.225 e. The maximum atomic E-state index is 11.6. The third kappa shape index (κ3) is 3.81. The van der Waals surface area contributed by atoms with E-state index in [4.69, 9.17) is 5.26 Å². The number of sulfone groups is 1. The minimum atomic E-state index is -2.96. The summed E-state index contributed by atoms with van der Waals surface area (Å²) < 4.78 is 23.1. The molecule has 124 valence electrons. The van der Waals surface area contributed by atoms with Crippen LogP contribution >= 0.6 is 0 Å². The molecule has 2 aromatic rings. The highest BCUT2D eigenvalue weighted by molar-refractivity contribution is 7.91. The minimum Gasteiger partial charge on any atom is -0.350 e. The standard InChI is InChI=1S/C16H17N5O2S/c1-11-8-15(20-14-5-3-2-4-12(14)9-17)21-16(18-11)19-13-6-7-24(22,23)10-13/h2-5,8,13H,6-7,10H2,1H3,(H2,18,19,20,21). The van der Waals surface area contributed by atoms with Crippen LogP contribution < -0.4 is 10.6 Å². The van der Waals surface area contributed by atoms with Gasteiger partial charge in [-0.05, 0) is 25.5 Å². The van der Waals surface area contributed by atoms with Crippen LogP contribution in [0.1, 0.15) is 17.7 Å². The molecule has 1 aliphatic rings. The first-order valence-electron chi connectivity index (χ1n) is 7.54. The molecule has 0 radical (unpaired) electrons. The van der Waals surface area contributed by atoms with Crippen molar-refractivity contribution in [2.75, 3.05) is 22.1 Å². The van der Waals surface area contributed by atoms with Crippen molar-refractivity contribution in [1.82, 2.24) is 9.97 Å². The van der Waals surface area contributed by atoms with Gasteiger partial charge in [0.15, 0.2) is 9.84 Å². The van der Waals surface area contributed by atoms with Gasteiger partial charge in [-0.25, -0.2) is 13.4 Å². The van der Waals surface area contributed by atoms with E-state index in [-0.39, 0.29) is 17.5 Å². The van der Waals surface area contributed by atoms with E-state index >= 15 is 0 Å². The van der Waals surface area contributed by atoms with Crippen LogP contribution in [-0.2, 0) is 9.84 Å². The van der Waals surface area contributed by atoms with Crippen LogP contribution in [0.2, 0.25) is 0 Å². The third-order valence-electron chi connectivity index (χ3n) is 3.73. The van der Waals surface area contributed by atoms with Crippen molar-refractivity contribution in [3.8, 4) is 6.07 Å². The highest BCUT2D eigenvalue weighted by Crippen LogP contribution is 2.21.